The predicted octanol–water partition coefficient (Wildman–Crippen LogP) is 3.73. The van der Waals surface area contributed by atoms with Crippen molar-refractivity contribution in [2.75, 3.05) is 12.9 Å². The number of esters is 1. The number of nitrogens with zero attached hydrogens (tertiary/aromatic N) is 1. The topological polar surface area (TPSA) is 55.8 Å². The van der Waals surface area contributed by atoms with E-state index in [2.05, 4.69) is 4.74 Å². The van der Waals surface area contributed by atoms with Crippen molar-refractivity contribution >= 4 is 23.8 Å². The van der Waals surface area contributed by atoms with E-state index in [4.69, 9.17) is 4.74 Å². The van der Waals surface area contributed by atoms with Gasteiger partial charge in [0.2, 0.25) is 0 Å². The van der Waals surface area contributed by atoms with Gasteiger partial charge in [0.1, 0.15) is 11.4 Å². The second-order valence-corrected chi connectivity index (χ2v) is 7.65. The maximum Gasteiger partial charge on any atom is 0.410 e. The molecule has 24 heavy (non-hydrogen) atoms. The third-order valence-electron chi connectivity index (χ3n) is 3.47. The molecular weight excluding hydrogens is 333 g/mol. The smallest absolute Gasteiger partial charge is 0.410 e. The van der Waals surface area contributed by atoms with Crippen LogP contribution in [0.5, 0.6) is 0 Å². The van der Waals surface area contributed by atoms with Gasteiger partial charge in [-0.2, -0.15) is 0 Å². The van der Waals surface area contributed by atoms with Crippen molar-refractivity contribution in [2.24, 2.45) is 0 Å². The molecule has 1 aromatic rings. The van der Waals surface area contributed by atoms with E-state index in [1.54, 1.807) is 26.8 Å². The molecule has 0 radical (unpaired) electrons. The van der Waals surface area contributed by atoms with Crippen LogP contribution in [0, 0.1) is 5.82 Å². The molecule has 0 atom stereocenters. The highest BCUT2D eigenvalue weighted by atomic mass is 32.2. The summed E-state index contributed by atoms with van der Waals surface area (Å²) in [7, 11) is 1.35. The number of hydrogen-bond acceptors (Lipinski definition) is 5. The molecule has 0 N–H and O–H groups in total. The number of benzene rings is 1. The molecule has 2 rings (SSSR count). The van der Waals surface area contributed by atoms with E-state index in [-0.39, 0.29) is 24.8 Å². The quantitative estimate of drug-likeness (QED) is 0.608. The van der Waals surface area contributed by atoms with Crippen molar-refractivity contribution in [2.45, 2.75) is 50.8 Å². The predicted molar refractivity (Wildman–Crippen MR) is 89.2 cm³/mol. The first kappa shape index (κ1) is 18.6. The van der Waals surface area contributed by atoms with Gasteiger partial charge < -0.3 is 9.47 Å². The number of thioether (sulfide) groups is 1. The standard InChI is InChI=1S/C17H22FNO4S/c1-17(2,3)23-16(21)19-9-11-12(10-19)14(6-5-13(11)18)24-8-7-15(20)22-4/h5-6H,7-10H2,1-4H3. The molecule has 0 aromatic heterocycles. The molecule has 1 amide bonds. The Bertz CT molecular complexity index is 642. The highest BCUT2D eigenvalue weighted by molar-refractivity contribution is 7.99. The van der Waals surface area contributed by atoms with Crippen LogP contribution in [0.15, 0.2) is 17.0 Å². The number of ether oxygens (including phenoxy) is 2. The first-order valence-electron chi connectivity index (χ1n) is 7.69. The average molecular weight is 355 g/mol. The van der Waals surface area contributed by atoms with Gasteiger partial charge in [-0.05, 0) is 38.5 Å². The Morgan fingerprint density at radius 2 is 1.92 bits per heavy atom. The molecule has 0 unspecified atom stereocenters. The summed E-state index contributed by atoms with van der Waals surface area (Å²) in [4.78, 5) is 25.8. The van der Waals surface area contributed by atoms with Crippen LogP contribution in [-0.2, 0) is 27.4 Å². The maximum atomic E-state index is 14.1. The second kappa shape index (κ2) is 7.42. The van der Waals surface area contributed by atoms with E-state index in [0.717, 1.165) is 10.5 Å². The van der Waals surface area contributed by atoms with Gasteiger partial charge >= 0.3 is 12.1 Å². The molecule has 1 aliphatic rings. The Labute approximate surface area is 145 Å². The van der Waals surface area contributed by atoms with Gasteiger partial charge in [-0.3, -0.25) is 9.69 Å². The highest BCUT2D eigenvalue weighted by Crippen LogP contribution is 2.34. The summed E-state index contributed by atoms with van der Waals surface area (Å²) in [6, 6.07) is 3.09. The Hall–Kier alpha value is -1.76. The van der Waals surface area contributed by atoms with Crippen LogP contribution in [0.3, 0.4) is 0 Å². The van der Waals surface area contributed by atoms with Crippen LogP contribution >= 0.6 is 11.8 Å². The number of hydrogen-bond donors (Lipinski definition) is 0. The van der Waals surface area contributed by atoms with Crippen LogP contribution in [0.2, 0.25) is 0 Å². The van der Waals surface area contributed by atoms with Crippen LogP contribution in [-0.4, -0.2) is 35.4 Å². The van der Waals surface area contributed by atoms with Gasteiger partial charge in [-0.1, -0.05) is 0 Å². The molecule has 1 aromatic carbocycles. The lowest BCUT2D eigenvalue weighted by Gasteiger charge is -2.24. The Morgan fingerprint density at radius 1 is 1.25 bits per heavy atom. The fourth-order valence-electron chi connectivity index (χ4n) is 2.36. The normalized spacial score (nSPS) is 13.6. The van der Waals surface area contributed by atoms with E-state index in [1.165, 1.54) is 29.8 Å². The Morgan fingerprint density at radius 3 is 2.54 bits per heavy atom. The minimum atomic E-state index is -0.595. The molecular formula is C17H22FNO4S. The van der Waals surface area contributed by atoms with Crippen molar-refractivity contribution in [3.63, 3.8) is 0 Å². The number of amides is 1. The van der Waals surface area contributed by atoms with Gasteiger partial charge in [0.05, 0.1) is 26.6 Å². The lowest BCUT2D eigenvalue weighted by atomic mass is 10.1. The Kier molecular flexibility index (Phi) is 5.74. The van der Waals surface area contributed by atoms with Crippen molar-refractivity contribution in [3.8, 4) is 0 Å². The summed E-state index contributed by atoms with van der Waals surface area (Å²) in [5.74, 6) is -0.0676. The summed E-state index contributed by atoms with van der Waals surface area (Å²) >= 11 is 1.46. The number of methoxy groups -OCH3 is 1. The molecule has 1 aliphatic heterocycles. The molecule has 1 heterocycles. The first-order valence-corrected chi connectivity index (χ1v) is 8.67. The molecule has 0 saturated heterocycles. The summed E-state index contributed by atoms with van der Waals surface area (Å²) in [5, 5.41) is 0. The molecule has 7 heteroatoms. The highest BCUT2D eigenvalue weighted by Gasteiger charge is 2.31. The fourth-order valence-corrected chi connectivity index (χ4v) is 3.38. The van der Waals surface area contributed by atoms with E-state index in [0.29, 0.717) is 17.9 Å². The van der Waals surface area contributed by atoms with E-state index in [1.807, 2.05) is 0 Å². The lowest BCUT2D eigenvalue weighted by molar-refractivity contribution is -0.140. The maximum absolute atomic E-state index is 14.1. The molecule has 0 aliphatic carbocycles. The molecule has 0 spiro atoms. The van der Waals surface area contributed by atoms with Crippen molar-refractivity contribution in [1.29, 1.82) is 0 Å². The van der Waals surface area contributed by atoms with Crippen LogP contribution in [0.1, 0.15) is 38.3 Å². The van der Waals surface area contributed by atoms with Crippen LogP contribution < -0.4 is 0 Å². The first-order chi connectivity index (χ1) is 11.2. The van der Waals surface area contributed by atoms with Gasteiger partial charge in [0.15, 0.2) is 0 Å². The number of halogens is 1. The van der Waals surface area contributed by atoms with E-state index >= 15 is 0 Å². The zero-order valence-corrected chi connectivity index (χ0v) is 15.2. The largest absolute Gasteiger partial charge is 0.469 e. The van der Waals surface area contributed by atoms with Gasteiger partial charge in [0, 0.05) is 16.2 Å². The van der Waals surface area contributed by atoms with Crippen molar-refractivity contribution in [1.82, 2.24) is 4.90 Å². The summed E-state index contributed by atoms with van der Waals surface area (Å²) < 4.78 is 24.1. The molecule has 5 nitrogen and oxygen atoms in total. The SMILES string of the molecule is COC(=O)CCSc1ccc(F)c2c1CN(C(=O)OC(C)(C)C)C2. The minimum Gasteiger partial charge on any atom is -0.469 e. The monoisotopic (exact) mass is 355 g/mol. The average Bonchev–Trinajstić information content (AvgIpc) is 2.94. The van der Waals surface area contributed by atoms with Gasteiger partial charge in [-0.15, -0.1) is 11.8 Å². The number of carbonyl (C=O) groups excluding carboxylic acids is 2. The number of rotatable bonds is 4. The molecule has 132 valence electrons. The lowest BCUT2D eigenvalue weighted by Crippen LogP contribution is -2.33. The van der Waals surface area contributed by atoms with E-state index < -0.39 is 11.7 Å². The molecule has 0 saturated carbocycles. The Balaban J connectivity index is 2.09. The van der Waals surface area contributed by atoms with Gasteiger partial charge in [-0.25, -0.2) is 9.18 Å². The number of fused-ring (bicyclic) bond motifs is 1. The van der Waals surface area contributed by atoms with Gasteiger partial charge in [0.25, 0.3) is 0 Å². The molecule has 0 bridgehead atoms. The molecule has 0 fully saturated rings. The summed E-state index contributed by atoms with van der Waals surface area (Å²) in [6.07, 6.45) is -0.174. The number of carbonyl (C=O) groups is 2. The van der Waals surface area contributed by atoms with Crippen LogP contribution in [0.4, 0.5) is 9.18 Å². The van der Waals surface area contributed by atoms with Crippen molar-refractivity contribution in [3.05, 3.63) is 29.1 Å². The minimum absolute atomic E-state index is 0.196. The van der Waals surface area contributed by atoms with E-state index in [9.17, 15) is 14.0 Å². The van der Waals surface area contributed by atoms with Crippen LogP contribution in [0.25, 0.3) is 0 Å². The third-order valence-corrected chi connectivity index (χ3v) is 4.57. The third kappa shape index (κ3) is 4.63. The zero-order valence-electron chi connectivity index (χ0n) is 14.3. The zero-order chi connectivity index (χ0) is 17.9. The summed E-state index contributed by atoms with van der Waals surface area (Å²) in [6.45, 7) is 5.89. The second-order valence-electron chi connectivity index (χ2n) is 6.51. The van der Waals surface area contributed by atoms with Crippen molar-refractivity contribution < 1.29 is 23.5 Å². The fraction of sp³-hybridized carbons (Fsp3) is 0.529. The summed E-state index contributed by atoms with van der Waals surface area (Å²) in [5.41, 5.74) is 0.710.